The van der Waals surface area contributed by atoms with Gasteiger partial charge in [0.2, 0.25) is 20.0 Å². The molecule has 0 atom stereocenters. The van der Waals surface area contributed by atoms with Gasteiger partial charge in [-0.05, 0) is 37.1 Å². The Labute approximate surface area is 194 Å². The van der Waals surface area contributed by atoms with Crippen molar-refractivity contribution >= 4 is 26.0 Å². The molecule has 2 fully saturated rings. The number of nitrogens with one attached hydrogen (secondary N) is 1. The number of sulfonamides is 2. The van der Waals surface area contributed by atoms with E-state index in [1.54, 1.807) is 35.2 Å². The molecule has 1 amide bonds. The van der Waals surface area contributed by atoms with E-state index in [1.165, 1.54) is 28.6 Å². The summed E-state index contributed by atoms with van der Waals surface area (Å²) in [6.45, 7) is 1.79. The summed E-state index contributed by atoms with van der Waals surface area (Å²) in [6, 6.07) is 14.1. The molecule has 4 rings (SSSR count). The highest BCUT2D eigenvalue weighted by atomic mass is 32.2. The van der Waals surface area contributed by atoms with Crippen molar-refractivity contribution in [3.05, 3.63) is 60.2 Å². The minimum Gasteiger partial charge on any atom is -0.379 e. The summed E-state index contributed by atoms with van der Waals surface area (Å²) in [5, 5.41) is 0. The van der Waals surface area contributed by atoms with Gasteiger partial charge in [-0.2, -0.15) is 4.31 Å². The summed E-state index contributed by atoms with van der Waals surface area (Å²) >= 11 is 0. The average molecular weight is 494 g/mol. The Morgan fingerprint density at radius 2 is 1.45 bits per heavy atom. The summed E-state index contributed by atoms with van der Waals surface area (Å²) in [4.78, 5) is 15.0. The average Bonchev–Trinajstić information content (AvgIpc) is 2.85. The second-order valence-corrected chi connectivity index (χ2v) is 11.6. The van der Waals surface area contributed by atoms with Gasteiger partial charge in [-0.1, -0.05) is 30.3 Å². The van der Waals surface area contributed by atoms with Crippen molar-refractivity contribution < 1.29 is 26.4 Å². The van der Waals surface area contributed by atoms with E-state index in [0.29, 0.717) is 39.1 Å². The van der Waals surface area contributed by atoms with Gasteiger partial charge in [0.05, 0.1) is 28.6 Å². The number of rotatable bonds is 6. The first-order valence-corrected chi connectivity index (χ1v) is 13.7. The molecule has 0 unspecified atom stereocenters. The van der Waals surface area contributed by atoms with Gasteiger partial charge in [0.15, 0.2) is 0 Å². The lowest BCUT2D eigenvalue weighted by molar-refractivity contribution is 0.0702. The molecule has 2 aliphatic heterocycles. The van der Waals surface area contributed by atoms with Crippen LogP contribution in [-0.4, -0.2) is 77.4 Å². The molecule has 0 bridgehead atoms. The van der Waals surface area contributed by atoms with Gasteiger partial charge < -0.3 is 9.64 Å². The third-order valence-electron chi connectivity index (χ3n) is 5.86. The predicted molar refractivity (Wildman–Crippen MR) is 122 cm³/mol. The van der Waals surface area contributed by atoms with Crippen molar-refractivity contribution in [2.75, 3.05) is 39.4 Å². The van der Waals surface area contributed by atoms with Gasteiger partial charge in [0.1, 0.15) is 0 Å². The highest BCUT2D eigenvalue weighted by Gasteiger charge is 2.33. The zero-order valence-corrected chi connectivity index (χ0v) is 19.7. The third-order valence-corrected chi connectivity index (χ3v) is 9.36. The minimum absolute atomic E-state index is 0.0104. The van der Waals surface area contributed by atoms with Gasteiger partial charge in [0.25, 0.3) is 5.91 Å². The van der Waals surface area contributed by atoms with E-state index < -0.39 is 20.0 Å². The topological polar surface area (TPSA) is 113 Å². The fraction of sp³-hybridized carbons (Fsp3) is 0.409. The molecule has 2 heterocycles. The molecule has 2 aliphatic rings. The van der Waals surface area contributed by atoms with Crippen LogP contribution in [0.4, 0.5) is 0 Å². The van der Waals surface area contributed by atoms with Crippen molar-refractivity contribution in [1.29, 1.82) is 0 Å². The van der Waals surface area contributed by atoms with Crippen LogP contribution in [0.2, 0.25) is 0 Å². The van der Waals surface area contributed by atoms with Gasteiger partial charge in [0, 0.05) is 32.2 Å². The van der Waals surface area contributed by atoms with Crippen molar-refractivity contribution in [2.45, 2.75) is 28.7 Å². The number of likely N-dealkylation sites (tertiary alicyclic amines) is 1. The molecule has 33 heavy (non-hydrogen) atoms. The van der Waals surface area contributed by atoms with Gasteiger partial charge in [-0.25, -0.2) is 21.6 Å². The third kappa shape index (κ3) is 5.28. The summed E-state index contributed by atoms with van der Waals surface area (Å²) in [7, 11) is -7.46. The van der Waals surface area contributed by atoms with Crippen molar-refractivity contribution in [1.82, 2.24) is 13.9 Å². The maximum atomic E-state index is 13.2. The minimum atomic E-state index is -3.83. The van der Waals surface area contributed by atoms with Gasteiger partial charge in [-0.3, -0.25) is 4.79 Å². The number of carbonyl (C=O) groups excluding carboxylic acids is 1. The number of amides is 1. The van der Waals surface area contributed by atoms with E-state index in [0.717, 1.165) is 0 Å². The van der Waals surface area contributed by atoms with Crippen LogP contribution in [0.25, 0.3) is 0 Å². The predicted octanol–water partition coefficient (Wildman–Crippen LogP) is 1.29. The van der Waals surface area contributed by atoms with Crippen LogP contribution >= 0.6 is 0 Å². The first kappa shape index (κ1) is 23.8. The molecular formula is C22H27N3O6S2. The van der Waals surface area contributed by atoms with E-state index in [2.05, 4.69) is 4.72 Å². The highest BCUT2D eigenvalue weighted by molar-refractivity contribution is 7.89. The summed E-state index contributed by atoms with van der Waals surface area (Å²) in [5.74, 6) is -0.369. The number of benzene rings is 2. The van der Waals surface area contributed by atoms with Crippen LogP contribution in [0.15, 0.2) is 64.4 Å². The second-order valence-electron chi connectivity index (χ2n) is 8.01. The molecule has 0 spiro atoms. The number of ether oxygens (including phenoxy) is 1. The Morgan fingerprint density at radius 3 is 2.12 bits per heavy atom. The molecule has 9 nitrogen and oxygen atoms in total. The number of nitrogens with zero attached hydrogens (tertiary/aromatic N) is 2. The number of hydrogen-bond acceptors (Lipinski definition) is 6. The number of hydrogen-bond donors (Lipinski definition) is 1. The van der Waals surface area contributed by atoms with Crippen LogP contribution in [0.1, 0.15) is 23.2 Å². The summed E-state index contributed by atoms with van der Waals surface area (Å²) in [5.41, 5.74) is 0.132. The molecule has 2 aromatic rings. The van der Waals surface area contributed by atoms with Crippen LogP contribution < -0.4 is 4.72 Å². The van der Waals surface area contributed by atoms with Crippen LogP contribution in [0, 0.1) is 0 Å². The molecule has 0 aliphatic carbocycles. The number of carbonyl (C=O) groups is 1. The largest absolute Gasteiger partial charge is 0.379 e. The fourth-order valence-corrected chi connectivity index (χ4v) is 6.97. The highest BCUT2D eigenvalue weighted by Crippen LogP contribution is 2.24. The van der Waals surface area contributed by atoms with E-state index in [1.807, 2.05) is 0 Å². The molecular weight excluding hydrogens is 466 g/mol. The first-order valence-electron chi connectivity index (χ1n) is 10.8. The number of piperidine rings is 1. The summed E-state index contributed by atoms with van der Waals surface area (Å²) < 4.78 is 60.8. The van der Waals surface area contributed by atoms with Gasteiger partial charge >= 0.3 is 0 Å². The van der Waals surface area contributed by atoms with Crippen molar-refractivity contribution in [2.24, 2.45) is 0 Å². The monoisotopic (exact) mass is 493 g/mol. The molecule has 0 radical (unpaired) electrons. The summed E-state index contributed by atoms with van der Waals surface area (Å²) in [6.07, 6.45) is 0.881. The van der Waals surface area contributed by atoms with E-state index in [9.17, 15) is 21.6 Å². The Morgan fingerprint density at radius 1 is 0.848 bits per heavy atom. The lowest BCUT2D eigenvalue weighted by Gasteiger charge is -2.33. The smallest absolute Gasteiger partial charge is 0.255 e. The standard InChI is InChI=1S/C22H27N3O6S2/c26-22(20-8-4-5-9-21(20)33(29,30)25-14-16-31-17-15-25)24-12-10-18(11-13-24)23-32(27,28)19-6-2-1-3-7-19/h1-9,18,23H,10-17H2. The molecule has 178 valence electrons. The quantitative estimate of drug-likeness (QED) is 0.649. The Hall–Kier alpha value is -2.31. The lowest BCUT2D eigenvalue weighted by Crippen LogP contribution is -2.47. The SMILES string of the molecule is O=C(c1ccccc1S(=O)(=O)N1CCOCC1)N1CCC(NS(=O)(=O)c2ccccc2)CC1. The number of morpholine rings is 1. The molecule has 0 saturated carbocycles. The Kier molecular flexibility index (Phi) is 7.15. The van der Waals surface area contributed by atoms with Crippen LogP contribution in [-0.2, 0) is 24.8 Å². The van der Waals surface area contributed by atoms with Crippen molar-refractivity contribution in [3.63, 3.8) is 0 Å². The normalized spacial score (nSPS) is 18.8. The van der Waals surface area contributed by atoms with E-state index in [-0.39, 0.29) is 40.4 Å². The maximum absolute atomic E-state index is 13.2. The zero-order chi connectivity index (χ0) is 23.5. The second kappa shape index (κ2) is 9.90. The zero-order valence-electron chi connectivity index (χ0n) is 18.1. The Balaban J connectivity index is 1.44. The lowest BCUT2D eigenvalue weighted by atomic mass is 10.0. The Bertz CT molecular complexity index is 1190. The maximum Gasteiger partial charge on any atom is 0.255 e. The van der Waals surface area contributed by atoms with Crippen LogP contribution in [0.5, 0.6) is 0 Å². The first-order chi connectivity index (χ1) is 15.8. The molecule has 2 aromatic carbocycles. The van der Waals surface area contributed by atoms with E-state index >= 15 is 0 Å². The van der Waals surface area contributed by atoms with Gasteiger partial charge in [-0.15, -0.1) is 0 Å². The molecule has 1 N–H and O–H groups in total. The van der Waals surface area contributed by atoms with Crippen LogP contribution in [0.3, 0.4) is 0 Å². The van der Waals surface area contributed by atoms with Crippen molar-refractivity contribution in [3.8, 4) is 0 Å². The molecule has 0 aromatic heterocycles. The fourth-order valence-electron chi connectivity index (χ4n) is 4.05. The van der Waals surface area contributed by atoms with E-state index in [4.69, 9.17) is 4.74 Å². The molecule has 11 heteroatoms. The molecule has 2 saturated heterocycles.